The van der Waals surface area contributed by atoms with Gasteiger partial charge in [0.2, 0.25) is 0 Å². The first-order valence-electron chi connectivity index (χ1n) is 7.73. The van der Waals surface area contributed by atoms with E-state index < -0.39 is 0 Å². The number of benzene rings is 1. The summed E-state index contributed by atoms with van der Waals surface area (Å²) in [4.78, 5) is 6.70. The van der Waals surface area contributed by atoms with Gasteiger partial charge in [0, 0.05) is 26.8 Å². The van der Waals surface area contributed by atoms with Crippen LogP contribution in [0.2, 0.25) is 0 Å². The molecule has 0 aliphatic rings. The first-order valence-corrected chi connectivity index (χ1v) is 7.73. The molecule has 1 aromatic carbocycles. The molecule has 0 fully saturated rings. The molecule has 120 valence electrons. The van der Waals surface area contributed by atoms with Crippen molar-refractivity contribution in [2.75, 3.05) is 25.6 Å². The normalized spacial score (nSPS) is 11.0. The van der Waals surface area contributed by atoms with Gasteiger partial charge in [-0.25, -0.2) is 4.98 Å². The highest BCUT2D eigenvalue weighted by molar-refractivity contribution is 5.91. The van der Waals surface area contributed by atoms with Crippen molar-refractivity contribution in [1.82, 2.24) is 14.8 Å². The second kappa shape index (κ2) is 6.28. The molecule has 0 aliphatic heterocycles. The number of para-hydroxylation sites is 1. The second-order valence-corrected chi connectivity index (χ2v) is 5.72. The lowest BCUT2D eigenvalue weighted by atomic mass is 10.1. The van der Waals surface area contributed by atoms with Crippen LogP contribution in [-0.4, -0.2) is 35.5 Å². The van der Waals surface area contributed by atoms with Crippen LogP contribution < -0.4 is 9.64 Å². The van der Waals surface area contributed by atoms with E-state index >= 15 is 0 Å². The number of hydrogen-bond acceptors (Lipinski definition) is 4. The third-order valence-corrected chi connectivity index (χ3v) is 4.20. The lowest BCUT2D eigenvalue weighted by molar-refractivity contribution is 0.409. The van der Waals surface area contributed by atoms with Crippen LogP contribution in [0.15, 0.2) is 36.5 Å². The Morgan fingerprint density at radius 3 is 2.78 bits per heavy atom. The summed E-state index contributed by atoms with van der Waals surface area (Å²) in [7, 11) is 5.76. The van der Waals surface area contributed by atoms with E-state index in [9.17, 15) is 0 Å². The van der Waals surface area contributed by atoms with Gasteiger partial charge >= 0.3 is 0 Å². The summed E-state index contributed by atoms with van der Waals surface area (Å²) in [6.45, 7) is 2.93. The summed E-state index contributed by atoms with van der Waals surface area (Å²) in [5, 5.41) is 5.61. The third kappa shape index (κ3) is 2.86. The quantitative estimate of drug-likeness (QED) is 0.727. The minimum absolute atomic E-state index is 0.897. The molecule has 3 aromatic rings. The van der Waals surface area contributed by atoms with E-state index in [4.69, 9.17) is 4.74 Å². The van der Waals surface area contributed by atoms with Crippen LogP contribution in [0.3, 0.4) is 0 Å². The predicted molar refractivity (Wildman–Crippen MR) is 93.2 cm³/mol. The average molecular weight is 310 g/mol. The molecule has 0 spiro atoms. The molecule has 2 heterocycles. The minimum Gasteiger partial charge on any atom is -0.496 e. The molecular formula is C18H22N4O. The molecule has 2 aromatic heterocycles. The van der Waals surface area contributed by atoms with Crippen LogP contribution in [0.5, 0.6) is 5.75 Å². The minimum atomic E-state index is 0.897. The van der Waals surface area contributed by atoms with Crippen molar-refractivity contribution < 1.29 is 4.74 Å². The van der Waals surface area contributed by atoms with Gasteiger partial charge in [0.15, 0.2) is 5.65 Å². The summed E-state index contributed by atoms with van der Waals surface area (Å²) in [5.74, 6) is 0.943. The van der Waals surface area contributed by atoms with Gasteiger partial charge in [-0.3, -0.25) is 4.68 Å². The van der Waals surface area contributed by atoms with Crippen molar-refractivity contribution in [3.63, 3.8) is 0 Å². The molecule has 0 saturated carbocycles. The van der Waals surface area contributed by atoms with E-state index in [-0.39, 0.29) is 0 Å². The van der Waals surface area contributed by atoms with E-state index in [1.165, 1.54) is 5.56 Å². The van der Waals surface area contributed by atoms with E-state index in [0.29, 0.717) is 0 Å². The van der Waals surface area contributed by atoms with E-state index in [0.717, 1.165) is 41.1 Å². The number of aryl methyl sites for hydroxylation is 2. The van der Waals surface area contributed by atoms with Gasteiger partial charge in [0.25, 0.3) is 0 Å². The molecule has 0 bridgehead atoms. The second-order valence-electron chi connectivity index (χ2n) is 5.72. The number of rotatable bonds is 5. The Morgan fingerprint density at radius 2 is 2.00 bits per heavy atom. The first-order chi connectivity index (χ1) is 11.1. The lowest BCUT2D eigenvalue weighted by Crippen LogP contribution is -2.21. The molecular weight excluding hydrogens is 288 g/mol. The van der Waals surface area contributed by atoms with Crippen LogP contribution in [0, 0.1) is 6.92 Å². The van der Waals surface area contributed by atoms with E-state index in [1.807, 2.05) is 43.0 Å². The smallest absolute Gasteiger partial charge is 0.159 e. The number of fused-ring (bicyclic) bond motifs is 1. The molecule has 5 nitrogen and oxygen atoms in total. The predicted octanol–water partition coefficient (Wildman–Crippen LogP) is 2.96. The first kappa shape index (κ1) is 15.3. The Balaban J connectivity index is 1.85. The number of anilines is 1. The maximum absolute atomic E-state index is 5.43. The van der Waals surface area contributed by atoms with Crippen LogP contribution >= 0.6 is 0 Å². The van der Waals surface area contributed by atoms with Gasteiger partial charge in [-0.05, 0) is 31.0 Å². The maximum Gasteiger partial charge on any atom is 0.159 e. The standard InChI is InChI=1S/C18H22N4O/c1-13-17-15(9-11-19-18(17)22(3)20-13)21(2)12-10-14-7-5-6-8-16(14)23-4/h5-9,11H,10,12H2,1-4H3. The van der Waals surface area contributed by atoms with Crippen molar-refractivity contribution in [1.29, 1.82) is 0 Å². The Morgan fingerprint density at radius 1 is 1.22 bits per heavy atom. The fraction of sp³-hybridized carbons (Fsp3) is 0.333. The number of hydrogen-bond donors (Lipinski definition) is 0. The van der Waals surface area contributed by atoms with Crippen LogP contribution in [0.25, 0.3) is 11.0 Å². The fourth-order valence-corrected chi connectivity index (χ4v) is 2.99. The zero-order valence-electron chi connectivity index (χ0n) is 14.1. The molecule has 5 heteroatoms. The van der Waals surface area contributed by atoms with Crippen molar-refractivity contribution in [3.05, 3.63) is 47.8 Å². The highest BCUT2D eigenvalue weighted by Crippen LogP contribution is 2.27. The molecule has 0 unspecified atom stereocenters. The molecule has 0 radical (unpaired) electrons. The van der Waals surface area contributed by atoms with Crippen LogP contribution in [0.4, 0.5) is 5.69 Å². The third-order valence-electron chi connectivity index (χ3n) is 4.20. The zero-order valence-corrected chi connectivity index (χ0v) is 14.1. The Hall–Kier alpha value is -2.56. The highest BCUT2D eigenvalue weighted by atomic mass is 16.5. The monoisotopic (exact) mass is 310 g/mol. The van der Waals surface area contributed by atoms with Crippen molar-refractivity contribution in [3.8, 4) is 5.75 Å². The zero-order chi connectivity index (χ0) is 16.4. The molecule has 0 N–H and O–H groups in total. The molecule has 0 saturated heterocycles. The molecule has 3 rings (SSSR count). The molecule has 0 amide bonds. The molecule has 23 heavy (non-hydrogen) atoms. The number of likely N-dealkylation sites (N-methyl/N-ethyl adjacent to an activating group) is 1. The number of pyridine rings is 1. The van der Waals surface area contributed by atoms with Crippen LogP contribution in [-0.2, 0) is 13.5 Å². The maximum atomic E-state index is 5.43. The van der Waals surface area contributed by atoms with Gasteiger partial charge in [-0.15, -0.1) is 0 Å². The van der Waals surface area contributed by atoms with E-state index in [2.05, 4.69) is 34.2 Å². The number of aromatic nitrogens is 3. The topological polar surface area (TPSA) is 43.2 Å². The van der Waals surface area contributed by atoms with Crippen molar-refractivity contribution in [2.45, 2.75) is 13.3 Å². The number of nitrogens with zero attached hydrogens (tertiary/aromatic N) is 4. The summed E-state index contributed by atoms with van der Waals surface area (Å²) >= 11 is 0. The van der Waals surface area contributed by atoms with Gasteiger partial charge in [-0.2, -0.15) is 5.10 Å². The number of methoxy groups -OCH3 is 1. The fourth-order valence-electron chi connectivity index (χ4n) is 2.99. The Kier molecular flexibility index (Phi) is 4.19. The van der Waals surface area contributed by atoms with Crippen molar-refractivity contribution in [2.24, 2.45) is 7.05 Å². The summed E-state index contributed by atoms with van der Waals surface area (Å²) in [5.41, 5.74) is 4.31. The summed E-state index contributed by atoms with van der Waals surface area (Å²) in [6, 6.07) is 10.2. The number of ether oxygens (including phenoxy) is 1. The van der Waals surface area contributed by atoms with Crippen molar-refractivity contribution >= 4 is 16.7 Å². The van der Waals surface area contributed by atoms with Gasteiger partial charge in [-0.1, -0.05) is 18.2 Å². The lowest BCUT2D eigenvalue weighted by Gasteiger charge is -2.21. The largest absolute Gasteiger partial charge is 0.496 e. The summed E-state index contributed by atoms with van der Waals surface area (Å²) in [6.07, 6.45) is 2.77. The van der Waals surface area contributed by atoms with Gasteiger partial charge in [0.05, 0.1) is 23.9 Å². The van der Waals surface area contributed by atoms with Gasteiger partial charge in [0.1, 0.15) is 5.75 Å². The average Bonchev–Trinajstić information content (AvgIpc) is 2.87. The highest BCUT2D eigenvalue weighted by Gasteiger charge is 2.14. The van der Waals surface area contributed by atoms with E-state index in [1.54, 1.807) is 7.11 Å². The Bertz CT molecular complexity index is 825. The molecule has 0 aliphatic carbocycles. The summed E-state index contributed by atoms with van der Waals surface area (Å²) < 4.78 is 7.27. The van der Waals surface area contributed by atoms with Crippen LogP contribution in [0.1, 0.15) is 11.3 Å². The Labute approximate surface area is 136 Å². The SMILES string of the molecule is COc1ccccc1CCN(C)c1ccnc2c1c(C)nn2C. The van der Waals surface area contributed by atoms with Gasteiger partial charge < -0.3 is 9.64 Å². The molecule has 0 atom stereocenters.